The first-order valence-corrected chi connectivity index (χ1v) is 11.1. The Morgan fingerprint density at radius 3 is 2.17 bits per heavy atom. The van der Waals surface area contributed by atoms with Gasteiger partial charge in [-0.25, -0.2) is 0 Å². The van der Waals surface area contributed by atoms with E-state index in [9.17, 15) is 9.59 Å². The zero-order valence-electron chi connectivity index (χ0n) is 16.9. The molecule has 1 heterocycles. The van der Waals surface area contributed by atoms with E-state index in [4.69, 9.17) is 5.73 Å². The molecule has 0 saturated carbocycles. The smallest absolute Gasteiger partial charge is 0.224 e. The molecule has 3 aromatic rings. The van der Waals surface area contributed by atoms with Crippen LogP contribution in [0.5, 0.6) is 0 Å². The van der Waals surface area contributed by atoms with Gasteiger partial charge in [0.2, 0.25) is 11.8 Å². The van der Waals surface area contributed by atoms with E-state index in [1.54, 1.807) is 11.3 Å². The molecule has 0 aliphatic carbocycles. The number of unbranched alkanes of at least 4 members (excludes halogenated alkanes) is 3. The number of anilines is 3. The molecule has 5 nitrogen and oxygen atoms in total. The summed E-state index contributed by atoms with van der Waals surface area (Å²) >= 11 is 1.65. The van der Waals surface area contributed by atoms with Crippen LogP contribution < -0.4 is 16.4 Å². The number of rotatable bonds is 10. The quantitative estimate of drug-likeness (QED) is 0.281. The maximum absolute atomic E-state index is 12.3. The molecule has 3 rings (SSSR count). The molecule has 0 atom stereocenters. The summed E-state index contributed by atoms with van der Waals surface area (Å²) in [5, 5.41) is 7.83. The van der Waals surface area contributed by atoms with Gasteiger partial charge in [0.15, 0.2) is 0 Å². The van der Waals surface area contributed by atoms with Crippen molar-refractivity contribution in [2.24, 2.45) is 0 Å². The molecule has 30 heavy (non-hydrogen) atoms. The number of nitrogen functional groups attached to an aromatic ring is 1. The first kappa shape index (κ1) is 21.6. The molecule has 156 valence electrons. The first-order chi connectivity index (χ1) is 14.6. The number of carbonyl (C=O) groups is 2. The number of hydrogen-bond donors (Lipinski definition) is 3. The van der Waals surface area contributed by atoms with E-state index in [1.165, 1.54) is 0 Å². The predicted molar refractivity (Wildman–Crippen MR) is 126 cm³/mol. The zero-order valence-corrected chi connectivity index (χ0v) is 17.7. The summed E-state index contributed by atoms with van der Waals surface area (Å²) in [4.78, 5) is 25.3. The second-order valence-electron chi connectivity index (χ2n) is 7.16. The highest BCUT2D eigenvalue weighted by Crippen LogP contribution is 2.30. The SMILES string of the molecule is Nc1ccc(-c2cccs2)cc1NC(=O)CCCCCCC(=O)Nc1ccccc1. The first-order valence-electron chi connectivity index (χ1n) is 10.2. The van der Waals surface area contributed by atoms with Crippen molar-refractivity contribution >= 4 is 40.2 Å². The molecule has 4 N–H and O–H groups in total. The topological polar surface area (TPSA) is 84.2 Å². The third-order valence-electron chi connectivity index (χ3n) is 4.75. The lowest BCUT2D eigenvalue weighted by Gasteiger charge is -2.10. The van der Waals surface area contributed by atoms with Crippen molar-refractivity contribution in [2.45, 2.75) is 38.5 Å². The van der Waals surface area contributed by atoms with Gasteiger partial charge in [-0.15, -0.1) is 11.3 Å². The van der Waals surface area contributed by atoms with Gasteiger partial charge in [0.25, 0.3) is 0 Å². The summed E-state index contributed by atoms with van der Waals surface area (Å²) in [5.74, 6) is -0.00751. The van der Waals surface area contributed by atoms with Crippen molar-refractivity contribution in [3.63, 3.8) is 0 Å². The Kier molecular flexibility index (Phi) is 8.03. The fourth-order valence-corrected chi connectivity index (χ4v) is 3.87. The molecule has 1 aromatic heterocycles. The van der Waals surface area contributed by atoms with Crippen LogP contribution in [0.1, 0.15) is 38.5 Å². The van der Waals surface area contributed by atoms with Gasteiger partial charge in [-0.2, -0.15) is 0 Å². The highest BCUT2D eigenvalue weighted by molar-refractivity contribution is 7.13. The fraction of sp³-hybridized carbons (Fsp3) is 0.250. The van der Waals surface area contributed by atoms with Crippen LogP contribution in [0.15, 0.2) is 66.0 Å². The summed E-state index contributed by atoms with van der Waals surface area (Å²) in [6.45, 7) is 0. The minimum atomic E-state index is -0.0353. The molecule has 0 spiro atoms. The van der Waals surface area contributed by atoms with Crippen molar-refractivity contribution in [1.82, 2.24) is 0 Å². The van der Waals surface area contributed by atoms with Crippen LogP contribution in [-0.2, 0) is 9.59 Å². The molecule has 0 fully saturated rings. The number of thiophene rings is 1. The van der Waals surface area contributed by atoms with E-state index in [-0.39, 0.29) is 11.8 Å². The number of amides is 2. The molecule has 0 aliphatic rings. The van der Waals surface area contributed by atoms with Gasteiger partial charge < -0.3 is 16.4 Å². The summed E-state index contributed by atoms with van der Waals surface area (Å²) in [6.07, 6.45) is 4.38. The number of para-hydroxylation sites is 1. The van der Waals surface area contributed by atoms with Crippen LogP contribution in [0.4, 0.5) is 17.1 Å². The van der Waals surface area contributed by atoms with E-state index in [0.717, 1.165) is 41.8 Å². The van der Waals surface area contributed by atoms with Crippen LogP contribution >= 0.6 is 11.3 Å². The molecular weight excluding hydrogens is 394 g/mol. The number of hydrogen-bond acceptors (Lipinski definition) is 4. The lowest BCUT2D eigenvalue weighted by atomic mass is 10.1. The van der Waals surface area contributed by atoms with Gasteiger partial charge in [-0.1, -0.05) is 43.2 Å². The van der Waals surface area contributed by atoms with Crippen LogP contribution in [-0.4, -0.2) is 11.8 Å². The Morgan fingerprint density at radius 2 is 1.50 bits per heavy atom. The van der Waals surface area contributed by atoms with Gasteiger partial charge in [0.05, 0.1) is 11.4 Å². The van der Waals surface area contributed by atoms with Crippen LogP contribution in [0.2, 0.25) is 0 Å². The van der Waals surface area contributed by atoms with E-state index in [1.807, 2.05) is 66.0 Å². The van der Waals surface area contributed by atoms with Crippen molar-refractivity contribution in [2.75, 3.05) is 16.4 Å². The highest BCUT2D eigenvalue weighted by Gasteiger charge is 2.08. The Hall–Kier alpha value is -3.12. The molecule has 0 unspecified atom stereocenters. The molecular formula is C24H27N3O2S. The summed E-state index contributed by atoms with van der Waals surface area (Å²) in [5.41, 5.74) is 9.10. The van der Waals surface area contributed by atoms with Crippen molar-refractivity contribution < 1.29 is 9.59 Å². The maximum Gasteiger partial charge on any atom is 0.224 e. The minimum absolute atomic E-state index is 0.0278. The van der Waals surface area contributed by atoms with Crippen molar-refractivity contribution in [3.8, 4) is 10.4 Å². The largest absolute Gasteiger partial charge is 0.397 e. The fourth-order valence-electron chi connectivity index (χ4n) is 3.14. The molecule has 0 bridgehead atoms. The minimum Gasteiger partial charge on any atom is -0.397 e. The normalized spacial score (nSPS) is 10.5. The zero-order chi connectivity index (χ0) is 21.2. The Balaban J connectivity index is 1.33. The van der Waals surface area contributed by atoms with E-state index < -0.39 is 0 Å². The van der Waals surface area contributed by atoms with Gasteiger partial charge in [0, 0.05) is 23.4 Å². The Labute approximate surface area is 181 Å². The van der Waals surface area contributed by atoms with Crippen molar-refractivity contribution in [1.29, 1.82) is 0 Å². The third-order valence-corrected chi connectivity index (χ3v) is 5.67. The standard InChI is InChI=1S/C24H27N3O2S/c25-20-15-14-18(22-11-8-16-30-22)17-21(20)27-24(29)13-7-2-1-6-12-23(28)26-19-9-4-3-5-10-19/h3-5,8-11,14-17H,1-2,6-7,12-13,25H2,(H,26,28)(H,27,29). The number of nitrogens with two attached hydrogens (primary N) is 1. The number of benzene rings is 2. The van der Waals surface area contributed by atoms with Crippen LogP contribution in [0.25, 0.3) is 10.4 Å². The molecule has 2 aromatic carbocycles. The number of nitrogens with one attached hydrogen (secondary N) is 2. The Morgan fingerprint density at radius 1 is 0.800 bits per heavy atom. The average Bonchev–Trinajstić information content (AvgIpc) is 3.28. The van der Waals surface area contributed by atoms with Crippen LogP contribution in [0, 0.1) is 0 Å². The molecule has 0 radical (unpaired) electrons. The lowest BCUT2D eigenvalue weighted by molar-refractivity contribution is -0.117. The Bertz CT molecular complexity index is 956. The lowest BCUT2D eigenvalue weighted by Crippen LogP contribution is -2.13. The van der Waals surface area contributed by atoms with E-state index in [0.29, 0.717) is 24.2 Å². The summed E-state index contributed by atoms with van der Waals surface area (Å²) < 4.78 is 0. The molecule has 0 aliphatic heterocycles. The van der Waals surface area contributed by atoms with E-state index >= 15 is 0 Å². The van der Waals surface area contributed by atoms with Crippen LogP contribution in [0.3, 0.4) is 0 Å². The number of carbonyl (C=O) groups excluding carboxylic acids is 2. The second kappa shape index (κ2) is 11.2. The van der Waals surface area contributed by atoms with Crippen molar-refractivity contribution in [3.05, 3.63) is 66.0 Å². The molecule has 2 amide bonds. The van der Waals surface area contributed by atoms with Gasteiger partial charge in [-0.3, -0.25) is 9.59 Å². The highest BCUT2D eigenvalue weighted by atomic mass is 32.1. The van der Waals surface area contributed by atoms with Gasteiger partial charge in [-0.05, 0) is 54.1 Å². The summed E-state index contributed by atoms with van der Waals surface area (Å²) in [6, 6.07) is 19.2. The third kappa shape index (κ3) is 6.74. The monoisotopic (exact) mass is 421 g/mol. The predicted octanol–water partition coefficient (Wildman–Crippen LogP) is 5.92. The second-order valence-corrected chi connectivity index (χ2v) is 8.10. The van der Waals surface area contributed by atoms with E-state index in [2.05, 4.69) is 10.6 Å². The summed E-state index contributed by atoms with van der Waals surface area (Å²) in [7, 11) is 0. The maximum atomic E-state index is 12.3. The average molecular weight is 422 g/mol. The molecule has 6 heteroatoms. The van der Waals surface area contributed by atoms with Gasteiger partial charge >= 0.3 is 0 Å². The molecule has 0 saturated heterocycles. The van der Waals surface area contributed by atoms with Gasteiger partial charge in [0.1, 0.15) is 0 Å².